The smallest absolute Gasteiger partial charge is 0.322 e. The Balaban J connectivity index is 1.62. The van der Waals surface area contributed by atoms with Crippen molar-refractivity contribution in [2.45, 2.75) is 11.3 Å². The molecule has 0 fully saturated rings. The fourth-order valence-corrected chi connectivity index (χ4v) is 4.73. The predicted molar refractivity (Wildman–Crippen MR) is 99.4 cm³/mol. The van der Waals surface area contributed by atoms with E-state index in [0.717, 1.165) is 11.3 Å². The fraction of sp³-hybridized carbons (Fsp3) is 0.133. The average molecular weight is 432 g/mol. The molecule has 136 valence electrons. The van der Waals surface area contributed by atoms with E-state index in [1.54, 1.807) is 24.3 Å². The second kappa shape index (κ2) is 7.75. The van der Waals surface area contributed by atoms with Gasteiger partial charge in [0.25, 0.3) is 5.89 Å². The zero-order valence-electron chi connectivity index (χ0n) is 13.0. The lowest BCUT2D eigenvalue weighted by Crippen LogP contribution is -2.17. The average Bonchev–Trinajstić information content (AvgIpc) is 3.19. The van der Waals surface area contributed by atoms with Gasteiger partial charge in [0.2, 0.25) is 5.91 Å². The third-order valence-electron chi connectivity index (χ3n) is 3.26. The van der Waals surface area contributed by atoms with Crippen molar-refractivity contribution in [1.82, 2.24) is 10.2 Å². The molecule has 0 aliphatic heterocycles. The first-order valence-corrected chi connectivity index (χ1v) is 10.4. The molecule has 7 nitrogen and oxygen atoms in total. The van der Waals surface area contributed by atoms with Crippen LogP contribution in [0.4, 0.5) is 6.01 Å². The zero-order chi connectivity index (χ0) is 18.7. The summed E-state index contributed by atoms with van der Waals surface area (Å²) in [7, 11) is -3.55. The summed E-state index contributed by atoms with van der Waals surface area (Å²) in [5.41, 5.74) is 0.460. The minimum Gasteiger partial charge on any atom is -0.403 e. The summed E-state index contributed by atoms with van der Waals surface area (Å²) in [6.07, 6.45) is -0.250. The summed E-state index contributed by atoms with van der Waals surface area (Å²) in [5.74, 6) is -0.796. The van der Waals surface area contributed by atoms with E-state index < -0.39 is 15.7 Å². The fourth-order valence-electron chi connectivity index (χ4n) is 2.02. The Kier molecular flexibility index (Phi) is 5.61. The number of rotatable bonds is 6. The van der Waals surface area contributed by atoms with Crippen molar-refractivity contribution < 1.29 is 17.6 Å². The van der Waals surface area contributed by atoms with Gasteiger partial charge in [-0.2, -0.15) is 0 Å². The molecule has 0 bridgehead atoms. The molecule has 0 spiro atoms. The summed E-state index contributed by atoms with van der Waals surface area (Å²) < 4.78 is 30.5. The molecular formula is C15H11Cl2N3O4S2. The first-order chi connectivity index (χ1) is 12.3. The summed E-state index contributed by atoms with van der Waals surface area (Å²) in [6.45, 7) is 0. The molecule has 26 heavy (non-hydrogen) atoms. The molecule has 11 heteroatoms. The minimum atomic E-state index is -3.55. The van der Waals surface area contributed by atoms with E-state index in [4.69, 9.17) is 27.6 Å². The Morgan fingerprint density at radius 2 is 1.92 bits per heavy atom. The van der Waals surface area contributed by atoms with Gasteiger partial charge >= 0.3 is 6.01 Å². The van der Waals surface area contributed by atoms with Gasteiger partial charge in [-0.1, -0.05) is 46.5 Å². The monoisotopic (exact) mass is 431 g/mol. The Hall–Kier alpha value is -1.94. The number of nitrogens with zero attached hydrogens (tertiary/aromatic N) is 2. The van der Waals surface area contributed by atoms with Crippen LogP contribution in [0.15, 0.2) is 45.7 Å². The maximum Gasteiger partial charge on any atom is 0.322 e. The molecule has 1 amide bonds. The highest BCUT2D eigenvalue weighted by Gasteiger charge is 2.19. The van der Waals surface area contributed by atoms with Crippen molar-refractivity contribution in [3.05, 3.63) is 45.1 Å². The molecule has 1 aromatic carbocycles. The van der Waals surface area contributed by atoms with Crippen LogP contribution in [-0.4, -0.2) is 30.3 Å². The summed E-state index contributed by atoms with van der Waals surface area (Å²) in [5, 5.41) is 9.84. The predicted octanol–water partition coefficient (Wildman–Crippen LogP) is 3.91. The van der Waals surface area contributed by atoms with E-state index in [1.165, 1.54) is 12.1 Å². The van der Waals surface area contributed by atoms with E-state index in [-0.39, 0.29) is 29.0 Å². The van der Waals surface area contributed by atoms with Gasteiger partial charge in [0, 0.05) is 6.42 Å². The Morgan fingerprint density at radius 3 is 2.58 bits per heavy atom. The normalized spacial score (nSPS) is 11.5. The number of aromatic nitrogens is 2. The molecule has 0 aliphatic carbocycles. The molecule has 0 aliphatic rings. The van der Waals surface area contributed by atoms with Gasteiger partial charge in [-0.25, -0.2) is 8.42 Å². The van der Waals surface area contributed by atoms with Gasteiger partial charge < -0.3 is 4.42 Å². The summed E-state index contributed by atoms with van der Waals surface area (Å²) in [6, 6.07) is 9.33. The number of hydrogen-bond donors (Lipinski definition) is 1. The van der Waals surface area contributed by atoms with Crippen LogP contribution in [-0.2, 0) is 14.6 Å². The molecule has 2 heterocycles. The molecule has 2 aromatic heterocycles. The minimum absolute atomic E-state index is 0.102. The van der Waals surface area contributed by atoms with Gasteiger partial charge in [-0.05, 0) is 18.2 Å². The standard InChI is InChI=1S/C15H11Cl2N3O4S2/c16-11-8-10(13(17)25-11)14-19-20-15(24-14)18-12(21)6-7-26(22,23)9-4-2-1-3-5-9/h1-5,8H,6-7H2,(H,18,20,21). The summed E-state index contributed by atoms with van der Waals surface area (Å²) in [4.78, 5) is 12.1. The molecule has 3 rings (SSSR count). The molecule has 0 unspecified atom stereocenters. The van der Waals surface area contributed by atoms with E-state index >= 15 is 0 Å². The van der Waals surface area contributed by atoms with Crippen LogP contribution in [0.25, 0.3) is 11.5 Å². The Labute approximate surface area is 162 Å². The van der Waals surface area contributed by atoms with Crippen molar-refractivity contribution in [1.29, 1.82) is 0 Å². The van der Waals surface area contributed by atoms with E-state index in [2.05, 4.69) is 15.5 Å². The number of sulfone groups is 1. The first-order valence-electron chi connectivity index (χ1n) is 7.21. The second-order valence-corrected chi connectivity index (χ2v) is 9.48. The first kappa shape index (κ1) is 18.8. The molecular weight excluding hydrogens is 421 g/mol. The molecule has 0 saturated heterocycles. The summed E-state index contributed by atoms with van der Waals surface area (Å²) >= 11 is 13.0. The van der Waals surface area contributed by atoms with Crippen molar-refractivity contribution in [3.63, 3.8) is 0 Å². The largest absolute Gasteiger partial charge is 0.403 e. The number of thiophene rings is 1. The molecule has 0 atom stereocenters. The maximum absolute atomic E-state index is 12.2. The van der Waals surface area contributed by atoms with Crippen molar-refractivity contribution in [2.75, 3.05) is 11.1 Å². The van der Waals surface area contributed by atoms with E-state index in [0.29, 0.717) is 14.2 Å². The number of halogens is 2. The van der Waals surface area contributed by atoms with Crippen LogP contribution in [0, 0.1) is 0 Å². The van der Waals surface area contributed by atoms with Gasteiger partial charge in [-0.15, -0.1) is 16.4 Å². The molecule has 0 saturated carbocycles. The molecule has 0 radical (unpaired) electrons. The lowest BCUT2D eigenvalue weighted by Gasteiger charge is -2.03. The van der Waals surface area contributed by atoms with E-state index in [1.807, 2.05) is 0 Å². The highest BCUT2D eigenvalue weighted by molar-refractivity contribution is 7.91. The number of carbonyl (C=O) groups is 1. The third-order valence-corrected chi connectivity index (χ3v) is 6.48. The quantitative estimate of drug-likeness (QED) is 0.634. The van der Waals surface area contributed by atoms with Crippen LogP contribution in [0.3, 0.4) is 0 Å². The van der Waals surface area contributed by atoms with Crippen LogP contribution in [0.5, 0.6) is 0 Å². The lowest BCUT2D eigenvalue weighted by molar-refractivity contribution is -0.115. The van der Waals surface area contributed by atoms with Crippen LogP contribution in [0.2, 0.25) is 8.67 Å². The topological polar surface area (TPSA) is 102 Å². The number of amides is 1. The Bertz CT molecular complexity index is 1030. The van der Waals surface area contributed by atoms with Crippen LogP contribution < -0.4 is 5.32 Å². The van der Waals surface area contributed by atoms with Gasteiger partial charge in [0.1, 0.15) is 4.34 Å². The number of anilines is 1. The van der Waals surface area contributed by atoms with E-state index in [9.17, 15) is 13.2 Å². The molecule has 3 aromatic rings. The third kappa shape index (κ3) is 4.42. The Morgan fingerprint density at radius 1 is 1.19 bits per heavy atom. The van der Waals surface area contributed by atoms with Gasteiger partial charge in [-0.3, -0.25) is 10.1 Å². The number of hydrogen-bond acceptors (Lipinski definition) is 7. The van der Waals surface area contributed by atoms with Crippen molar-refractivity contribution in [2.24, 2.45) is 0 Å². The van der Waals surface area contributed by atoms with Crippen molar-refractivity contribution >= 4 is 56.3 Å². The number of nitrogens with one attached hydrogen (secondary N) is 1. The molecule has 1 N–H and O–H groups in total. The highest BCUT2D eigenvalue weighted by Crippen LogP contribution is 2.37. The second-order valence-electron chi connectivity index (χ2n) is 5.08. The van der Waals surface area contributed by atoms with Gasteiger partial charge in [0.15, 0.2) is 9.84 Å². The number of benzene rings is 1. The zero-order valence-corrected chi connectivity index (χ0v) is 16.1. The SMILES string of the molecule is O=C(CCS(=O)(=O)c1ccccc1)Nc1nnc(-c2cc(Cl)sc2Cl)o1. The maximum atomic E-state index is 12.2. The van der Waals surface area contributed by atoms with Crippen LogP contribution >= 0.6 is 34.5 Å². The highest BCUT2D eigenvalue weighted by atomic mass is 35.5. The van der Waals surface area contributed by atoms with Gasteiger partial charge in [0.05, 0.1) is 20.5 Å². The van der Waals surface area contributed by atoms with Crippen LogP contribution in [0.1, 0.15) is 6.42 Å². The van der Waals surface area contributed by atoms with Crippen molar-refractivity contribution in [3.8, 4) is 11.5 Å². The lowest BCUT2D eigenvalue weighted by atomic mass is 10.3. The number of carbonyl (C=O) groups excluding carboxylic acids is 1.